The molecule has 1 aromatic heterocycles. The van der Waals surface area contributed by atoms with Crippen molar-refractivity contribution in [3.8, 4) is 28.4 Å². The van der Waals surface area contributed by atoms with Crippen molar-refractivity contribution >= 4 is 5.91 Å². The lowest BCUT2D eigenvalue weighted by atomic mass is 10.0. The molecule has 0 unspecified atom stereocenters. The maximum Gasteiger partial charge on any atom is 0.227 e. The molecule has 0 saturated carbocycles. The van der Waals surface area contributed by atoms with Crippen molar-refractivity contribution in [2.45, 2.75) is 32.2 Å². The third kappa shape index (κ3) is 4.51. The topological polar surface area (TPSA) is 60.9 Å². The Labute approximate surface area is 194 Å². The van der Waals surface area contributed by atoms with E-state index in [1.165, 1.54) is 0 Å². The summed E-state index contributed by atoms with van der Waals surface area (Å²) >= 11 is 0. The highest BCUT2D eigenvalue weighted by Gasteiger charge is 2.31. The molecule has 2 aliphatic heterocycles. The lowest BCUT2D eigenvalue weighted by molar-refractivity contribution is -0.131. The Balaban J connectivity index is 1.36. The van der Waals surface area contributed by atoms with Crippen LogP contribution in [0.4, 0.5) is 0 Å². The fourth-order valence-corrected chi connectivity index (χ4v) is 4.66. The van der Waals surface area contributed by atoms with Gasteiger partial charge in [-0.15, -0.1) is 0 Å². The zero-order valence-corrected chi connectivity index (χ0v) is 19.0. The van der Waals surface area contributed by atoms with Crippen molar-refractivity contribution in [3.05, 3.63) is 71.5 Å². The highest BCUT2D eigenvalue weighted by molar-refractivity contribution is 5.80. The van der Waals surface area contributed by atoms with E-state index >= 15 is 0 Å². The van der Waals surface area contributed by atoms with Crippen molar-refractivity contribution < 1.29 is 19.0 Å². The first-order valence-electron chi connectivity index (χ1n) is 11.4. The molecule has 2 aromatic carbocycles. The predicted molar refractivity (Wildman–Crippen MR) is 126 cm³/mol. The highest BCUT2D eigenvalue weighted by atomic mass is 16.6. The molecule has 1 saturated heterocycles. The van der Waals surface area contributed by atoms with Gasteiger partial charge >= 0.3 is 0 Å². The number of fused-ring (bicyclic) bond motifs is 1. The summed E-state index contributed by atoms with van der Waals surface area (Å²) in [5, 5.41) is 0. The maximum atomic E-state index is 13.3. The van der Waals surface area contributed by atoms with Gasteiger partial charge in [0.2, 0.25) is 5.91 Å². The van der Waals surface area contributed by atoms with E-state index in [1.54, 1.807) is 7.11 Å². The molecule has 0 bridgehead atoms. The maximum absolute atomic E-state index is 13.3. The van der Waals surface area contributed by atoms with E-state index in [0.29, 0.717) is 25.4 Å². The molecule has 1 amide bonds. The summed E-state index contributed by atoms with van der Waals surface area (Å²) in [5.41, 5.74) is 5.05. The fraction of sp³-hybridized carbons (Fsp3) is 0.333. The van der Waals surface area contributed by atoms with Crippen LogP contribution in [-0.4, -0.2) is 42.7 Å². The molecule has 1 atom stereocenters. The van der Waals surface area contributed by atoms with Crippen molar-refractivity contribution in [3.63, 3.8) is 0 Å². The second-order valence-electron chi connectivity index (χ2n) is 8.55. The molecule has 1 fully saturated rings. The van der Waals surface area contributed by atoms with E-state index in [1.807, 2.05) is 42.2 Å². The average Bonchev–Trinajstić information content (AvgIpc) is 3.34. The fourth-order valence-electron chi connectivity index (χ4n) is 4.66. The lowest BCUT2D eigenvalue weighted by Crippen LogP contribution is -2.32. The molecule has 2 aliphatic rings. The van der Waals surface area contributed by atoms with Crippen molar-refractivity contribution in [2.75, 3.05) is 26.9 Å². The van der Waals surface area contributed by atoms with E-state index in [0.717, 1.165) is 59.0 Å². The number of rotatable bonds is 5. The molecule has 0 N–H and O–H groups in total. The van der Waals surface area contributed by atoms with Crippen LogP contribution in [0.5, 0.6) is 17.2 Å². The van der Waals surface area contributed by atoms with Gasteiger partial charge in [0, 0.05) is 12.2 Å². The van der Waals surface area contributed by atoms with Gasteiger partial charge in [-0.2, -0.15) is 0 Å². The zero-order valence-electron chi connectivity index (χ0n) is 19.0. The van der Waals surface area contributed by atoms with Gasteiger partial charge in [0.05, 0.1) is 25.3 Å². The van der Waals surface area contributed by atoms with Gasteiger partial charge in [-0.05, 0) is 72.9 Å². The van der Waals surface area contributed by atoms with Crippen LogP contribution in [-0.2, 0) is 11.2 Å². The van der Waals surface area contributed by atoms with E-state index in [9.17, 15) is 4.79 Å². The molecule has 5 rings (SSSR count). The third-order valence-corrected chi connectivity index (χ3v) is 6.27. The van der Waals surface area contributed by atoms with Crippen LogP contribution in [0.2, 0.25) is 0 Å². The first-order chi connectivity index (χ1) is 16.1. The SMILES string of the molecule is COc1ccc(-c2cc(C)nc([C@H]3CCCN3C(=O)Cc3ccc4c(c3)OCCO4)c2)cc1. The molecule has 3 heterocycles. The number of amides is 1. The van der Waals surface area contributed by atoms with Gasteiger partial charge in [0.15, 0.2) is 11.5 Å². The molecular weight excluding hydrogens is 416 g/mol. The van der Waals surface area contributed by atoms with Crippen LogP contribution in [0.25, 0.3) is 11.1 Å². The first-order valence-corrected chi connectivity index (χ1v) is 11.4. The lowest BCUT2D eigenvalue weighted by Gasteiger charge is -2.25. The number of ether oxygens (including phenoxy) is 3. The number of hydrogen-bond donors (Lipinski definition) is 0. The Kier molecular flexibility index (Phi) is 5.90. The monoisotopic (exact) mass is 444 g/mol. The van der Waals surface area contributed by atoms with Crippen molar-refractivity contribution in [1.29, 1.82) is 0 Å². The molecular formula is C27H28N2O4. The molecule has 0 spiro atoms. The molecule has 6 nitrogen and oxygen atoms in total. The summed E-state index contributed by atoms with van der Waals surface area (Å²) in [7, 11) is 1.67. The van der Waals surface area contributed by atoms with Gasteiger partial charge in [-0.3, -0.25) is 9.78 Å². The number of aryl methyl sites for hydroxylation is 1. The number of carbonyl (C=O) groups is 1. The van der Waals surface area contributed by atoms with Crippen LogP contribution in [0, 0.1) is 6.92 Å². The molecule has 0 aliphatic carbocycles. The van der Waals surface area contributed by atoms with E-state index in [4.69, 9.17) is 19.2 Å². The number of methoxy groups -OCH3 is 1. The van der Waals surface area contributed by atoms with Gasteiger partial charge in [0.25, 0.3) is 0 Å². The van der Waals surface area contributed by atoms with Gasteiger partial charge in [-0.25, -0.2) is 0 Å². The van der Waals surface area contributed by atoms with E-state index in [-0.39, 0.29) is 11.9 Å². The number of aromatic nitrogens is 1. The summed E-state index contributed by atoms with van der Waals surface area (Å²) < 4.78 is 16.6. The molecule has 170 valence electrons. The summed E-state index contributed by atoms with van der Waals surface area (Å²) in [6.07, 6.45) is 2.24. The minimum atomic E-state index is -0.00777. The number of nitrogens with zero attached hydrogens (tertiary/aromatic N) is 2. The zero-order chi connectivity index (χ0) is 22.8. The largest absolute Gasteiger partial charge is 0.497 e. The Morgan fingerprint density at radius 2 is 1.82 bits per heavy atom. The van der Waals surface area contributed by atoms with E-state index < -0.39 is 0 Å². The molecule has 6 heteroatoms. The van der Waals surface area contributed by atoms with Crippen LogP contribution in [0.3, 0.4) is 0 Å². The van der Waals surface area contributed by atoms with Gasteiger partial charge in [0.1, 0.15) is 19.0 Å². The summed E-state index contributed by atoms with van der Waals surface area (Å²) in [6.45, 7) is 3.85. The smallest absolute Gasteiger partial charge is 0.227 e. The highest BCUT2D eigenvalue weighted by Crippen LogP contribution is 2.35. The molecule has 3 aromatic rings. The Morgan fingerprint density at radius 1 is 1.03 bits per heavy atom. The summed E-state index contributed by atoms with van der Waals surface area (Å²) in [5.74, 6) is 2.40. The third-order valence-electron chi connectivity index (χ3n) is 6.27. The minimum absolute atomic E-state index is 0.00777. The van der Waals surface area contributed by atoms with Gasteiger partial charge < -0.3 is 19.1 Å². The second-order valence-corrected chi connectivity index (χ2v) is 8.55. The average molecular weight is 445 g/mol. The van der Waals surface area contributed by atoms with Gasteiger partial charge in [-0.1, -0.05) is 18.2 Å². The quantitative estimate of drug-likeness (QED) is 0.569. The minimum Gasteiger partial charge on any atom is -0.497 e. The van der Waals surface area contributed by atoms with Crippen molar-refractivity contribution in [1.82, 2.24) is 9.88 Å². The standard InChI is InChI=1S/C27H28N2O4/c1-18-14-21(20-6-8-22(31-2)9-7-20)17-23(28-18)24-4-3-11-29(24)27(30)16-19-5-10-25-26(15-19)33-13-12-32-25/h5-10,14-15,17,24H,3-4,11-13,16H2,1-2H3/t24-/m1/s1. The number of benzene rings is 2. The summed E-state index contributed by atoms with van der Waals surface area (Å²) in [6, 6.07) is 18.0. The van der Waals surface area contributed by atoms with Crippen LogP contribution in [0.15, 0.2) is 54.6 Å². The van der Waals surface area contributed by atoms with Crippen molar-refractivity contribution in [2.24, 2.45) is 0 Å². The Hall–Kier alpha value is -3.54. The first kappa shape index (κ1) is 21.3. The van der Waals surface area contributed by atoms with Crippen LogP contribution in [0.1, 0.15) is 35.8 Å². The molecule has 33 heavy (non-hydrogen) atoms. The van der Waals surface area contributed by atoms with Crippen LogP contribution < -0.4 is 14.2 Å². The number of hydrogen-bond acceptors (Lipinski definition) is 5. The Morgan fingerprint density at radius 3 is 2.61 bits per heavy atom. The van der Waals surface area contributed by atoms with Crippen LogP contribution >= 0.6 is 0 Å². The number of carbonyl (C=O) groups excluding carboxylic acids is 1. The number of pyridine rings is 1. The van der Waals surface area contributed by atoms with E-state index in [2.05, 4.69) is 24.3 Å². The second kappa shape index (κ2) is 9.14. The predicted octanol–water partition coefficient (Wildman–Crippen LogP) is 4.74. The normalized spacial score (nSPS) is 17.2. The molecule has 0 radical (unpaired) electrons. The Bertz CT molecular complexity index is 1160. The number of likely N-dealkylation sites (tertiary alicyclic amines) is 1. The summed E-state index contributed by atoms with van der Waals surface area (Å²) in [4.78, 5) is 20.1.